The van der Waals surface area contributed by atoms with Crippen molar-refractivity contribution in [2.24, 2.45) is 0 Å². The first-order chi connectivity index (χ1) is 10.2. The summed E-state index contributed by atoms with van der Waals surface area (Å²) in [4.78, 5) is 2.07. The first-order valence-corrected chi connectivity index (χ1v) is 6.76. The van der Waals surface area contributed by atoms with E-state index in [1.54, 1.807) is 6.08 Å². The van der Waals surface area contributed by atoms with Crippen LogP contribution in [0.4, 0.5) is 5.69 Å². The first kappa shape index (κ1) is 14.6. The van der Waals surface area contributed by atoms with Crippen molar-refractivity contribution in [1.82, 2.24) is 0 Å². The van der Waals surface area contributed by atoms with E-state index in [-0.39, 0.29) is 0 Å². The van der Waals surface area contributed by atoms with Gasteiger partial charge in [0.15, 0.2) is 0 Å². The standard InChI is InChI=1S/C19H18N2/c1-4-5-19(16-8-6-15(14-20)7-9-16)17-10-12-18(13-11-17)21(2)3/h4-13H,1H2,2-3H3. The number of anilines is 1. The maximum atomic E-state index is 8.88. The summed E-state index contributed by atoms with van der Waals surface area (Å²) in [7, 11) is 4.05. The minimum Gasteiger partial charge on any atom is -0.378 e. The van der Waals surface area contributed by atoms with Gasteiger partial charge < -0.3 is 4.90 Å². The highest BCUT2D eigenvalue weighted by atomic mass is 15.1. The van der Waals surface area contributed by atoms with Crippen molar-refractivity contribution in [2.45, 2.75) is 0 Å². The molecule has 0 aromatic heterocycles. The predicted molar refractivity (Wildman–Crippen MR) is 89.2 cm³/mol. The average Bonchev–Trinajstić information content (AvgIpc) is 2.53. The summed E-state index contributed by atoms with van der Waals surface area (Å²) in [5.74, 6) is 0. The van der Waals surface area contributed by atoms with Crippen LogP contribution in [0, 0.1) is 11.3 Å². The Labute approximate surface area is 126 Å². The van der Waals surface area contributed by atoms with Crippen molar-refractivity contribution in [3.05, 3.63) is 84.0 Å². The molecule has 0 spiro atoms. The van der Waals surface area contributed by atoms with Crippen LogP contribution >= 0.6 is 0 Å². The molecule has 0 radical (unpaired) electrons. The fourth-order valence-electron chi connectivity index (χ4n) is 2.14. The number of nitrogens with zero attached hydrogens (tertiary/aromatic N) is 2. The molecule has 0 atom stereocenters. The van der Waals surface area contributed by atoms with Crippen molar-refractivity contribution in [3.8, 4) is 6.07 Å². The second kappa shape index (κ2) is 6.58. The Kier molecular flexibility index (Phi) is 4.58. The number of hydrogen-bond acceptors (Lipinski definition) is 2. The minimum absolute atomic E-state index is 0.666. The van der Waals surface area contributed by atoms with E-state index < -0.39 is 0 Å². The van der Waals surface area contributed by atoms with E-state index in [0.717, 1.165) is 22.4 Å². The van der Waals surface area contributed by atoms with Crippen LogP contribution in [-0.2, 0) is 0 Å². The van der Waals surface area contributed by atoms with Gasteiger partial charge in [-0.05, 0) is 41.0 Å². The van der Waals surface area contributed by atoms with Crippen molar-refractivity contribution in [1.29, 1.82) is 5.26 Å². The Morgan fingerprint density at radius 3 is 1.95 bits per heavy atom. The van der Waals surface area contributed by atoms with Crippen molar-refractivity contribution >= 4 is 11.3 Å². The summed E-state index contributed by atoms with van der Waals surface area (Å²) in [5, 5.41) is 8.88. The summed E-state index contributed by atoms with van der Waals surface area (Å²) >= 11 is 0. The largest absolute Gasteiger partial charge is 0.378 e. The third-order valence-electron chi connectivity index (χ3n) is 3.30. The molecule has 104 valence electrons. The lowest BCUT2D eigenvalue weighted by molar-refractivity contribution is 1.13. The van der Waals surface area contributed by atoms with Crippen LogP contribution in [-0.4, -0.2) is 14.1 Å². The molecular weight excluding hydrogens is 256 g/mol. The fourth-order valence-corrected chi connectivity index (χ4v) is 2.14. The molecule has 21 heavy (non-hydrogen) atoms. The van der Waals surface area contributed by atoms with E-state index in [0.29, 0.717) is 5.56 Å². The van der Waals surface area contributed by atoms with E-state index in [1.165, 1.54) is 0 Å². The van der Waals surface area contributed by atoms with Crippen molar-refractivity contribution in [3.63, 3.8) is 0 Å². The molecule has 0 N–H and O–H groups in total. The third kappa shape index (κ3) is 3.40. The monoisotopic (exact) mass is 274 g/mol. The highest BCUT2D eigenvalue weighted by molar-refractivity contribution is 5.81. The highest BCUT2D eigenvalue weighted by Gasteiger charge is 2.05. The molecule has 0 amide bonds. The lowest BCUT2D eigenvalue weighted by Crippen LogP contribution is -2.08. The molecule has 2 rings (SSSR count). The SMILES string of the molecule is C=CC=C(c1ccc(C#N)cc1)c1ccc(N(C)C)cc1. The first-order valence-electron chi connectivity index (χ1n) is 6.76. The summed E-state index contributed by atoms with van der Waals surface area (Å²) in [5.41, 5.74) is 5.13. The zero-order valence-corrected chi connectivity index (χ0v) is 12.4. The van der Waals surface area contributed by atoms with Crippen LogP contribution in [0.25, 0.3) is 5.57 Å². The molecule has 2 aromatic carbocycles. The van der Waals surface area contributed by atoms with Gasteiger partial charge in [-0.25, -0.2) is 0 Å². The van der Waals surface area contributed by atoms with Gasteiger partial charge in [0.25, 0.3) is 0 Å². The Morgan fingerprint density at radius 2 is 1.52 bits per heavy atom. The molecule has 0 aliphatic heterocycles. The van der Waals surface area contributed by atoms with Gasteiger partial charge in [-0.15, -0.1) is 0 Å². The zero-order valence-electron chi connectivity index (χ0n) is 12.4. The van der Waals surface area contributed by atoms with Gasteiger partial charge in [0.1, 0.15) is 0 Å². The molecule has 0 saturated heterocycles. The van der Waals surface area contributed by atoms with Gasteiger partial charge >= 0.3 is 0 Å². The van der Waals surface area contributed by atoms with Gasteiger partial charge in [-0.2, -0.15) is 5.26 Å². The van der Waals surface area contributed by atoms with Gasteiger partial charge in [0.05, 0.1) is 11.6 Å². The van der Waals surface area contributed by atoms with Crippen LogP contribution in [0.1, 0.15) is 16.7 Å². The van der Waals surface area contributed by atoms with E-state index in [2.05, 4.69) is 41.8 Å². The van der Waals surface area contributed by atoms with Gasteiger partial charge in [-0.1, -0.05) is 43.0 Å². The van der Waals surface area contributed by atoms with Crippen LogP contribution < -0.4 is 4.90 Å². The molecule has 0 fully saturated rings. The minimum atomic E-state index is 0.666. The second-order valence-electron chi connectivity index (χ2n) is 4.95. The van der Waals surface area contributed by atoms with E-state index in [1.807, 2.05) is 44.4 Å². The number of benzene rings is 2. The van der Waals surface area contributed by atoms with Gasteiger partial charge in [-0.3, -0.25) is 0 Å². The topological polar surface area (TPSA) is 27.0 Å². The van der Waals surface area contributed by atoms with Gasteiger partial charge in [0, 0.05) is 19.8 Å². The average molecular weight is 274 g/mol. The zero-order chi connectivity index (χ0) is 15.2. The molecule has 2 heteroatoms. The van der Waals surface area contributed by atoms with Crippen molar-refractivity contribution in [2.75, 3.05) is 19.0 Å². The molecular formula is C19H18N2. The van der Waals surface area contributed by atoms with E-state index in [4.69, 9.17) is 5.26 Å². The van der Waals surface area contributed by atoms with Crippen molar-refractivity contribution < 1.29 is 0 Å². The molecule has 0 saturated carbocycles. The van der Waals surface area contributed by atoms with Crippen LogP contribution in [0.3, 0.4) is 0 Å². The number of rotatable bonds is 4. The second-order valence-corrected chi connectivity index (χ2v) is 4.95. The Morgan fingerprint density at radius 1 is 1.00 bits per heavy atom. The lowest BCUT2D eigenvalue weighted by atomic mass is 9.96. The Balaban J connectivity index is 2.41. The molecule has 0 heterocycles. The normalized spacial score (nSPS) is 10.8. The quantitative estimate of drug-likeness (QED) is 0.780. The summed E-state index contributed by atoms with van der Waals surface area (Å²) in [6, 6.07) is 18.1. The Hall–Kier alpha value is -2.79. The van der Waals surface area contributed by atoms with Gasteiger partial charge in [0.2, 0.25) is 0 Å². The molecule has 0 unspecified atom stereocenters. The van der Waals surface area contributed by atoms with Crippen LogP contribution in [0.15, 0.2) is 67.3 Å². The van der Waals surface area contributed by atoms with Crippen LogP contribution in [0.2, 0.25) is 0 Å². The van der Waals surface area contributed by atoms with Crippen LogP contribution in [0.5, 0.6) is 0 Å². The summed E-state index contributed by atoms with van der Waals surface area (Å²) in [6.07, 6.45) is 3.78. The number of hydrogen-bond donors (Lipinski definition) is 0. The summed E-state index contributed by atoms with van der Waals surface area (Å²) in [6.45, 7) is 3.79. The Bertz CT molecular complexity index is 684. The molecule has 2 aromatic rings. The smallest absolute Gasteiger partial charge is 0.0991 e. The third-order valence-corrected chi connectivity index (χ3v) is 3.30. The fraction of sp³-hybridized carbons (Fsp3) is 0.105. The number of allylic oxidation sites excluding steroid dienone is 2. The molecule has 2 nitrogen and oxygen atoms in total. The lowest BCUT2D eigenvalue weighted by Gasteiger charge is -2.14. The predicted octanol–water partition coefficient (Wildman–Crippen LogP) is 4.24. The van der Waals surface area contributed by atoms with E-state index in [9.17, 15) is 0 Å². The van der Waals surface area contributed by atoms with E-state index >= 15 is 0 Å². The summed E-state index contributed by atoms with van der Waals surface area (Å²) < 4.78 is 0. The number of nitriles is 1. The highest BCUT2D eigenvalue weighted by Crippen LogP contribution is 2.25. The maximum absolute atomic E-state index is 8.88. The maximum Gasteiger partial charge on any atom is 0.0991 e. The molecule has 0 bridgehead atoms. The molecule has 0 aliphatic carbocycles. The molecule has 0 aliphatic rings.